The molecule has 26 heavy (non-hydrogen) atoms. The van der Waals surface area contributed by atoms with Crippen molar-refractivity contribution < 1.29 is 19.5 Å². The lowest BCUT2D eigenvalue weighted by molar-refractivity contribution is -0.141. The molecule has 0 aromatic carbocycles. The van der Waals surface area contributed by atoms with Gasteiger partial charge in [0.15, 0.2) is 0 Å². The summed E-state index contributed by atoms with van der Waals surface area (Å²) < 4.78 is 0. The van der Waals surface area contributed by atoms with Gasteiger partial charge in [0.1, 0.15) is 6.04 Å². The van der Waals surface area contributed by atoms with E-state index in [4.69, 9.17) is 5.11 Å². The molecule has 0 aromatic rings. The van der Waals surface area contributed by atoms with Crippen molar-refractivity contribution in [3.05, 3.63) is 0 Å². The molecule has 1 aliphatic rings. The van der Waals surface area contributed by atoms with Gasteiger partial charge >= 0.3 is 5.97 Å². The second kappa shape index (κ2) is 10.5. The molecule has 7 nitrogen and oxygen atoms in total. The van der Waals surface area contributed by atoms with Crippen LogP contribution in [0, 0.1) is 11.8 Å². The first-order valence-corrected chi connectivity index (χ1v) is 9.69. The minimum absolute atomic E-state index is 0.0236. The van der Waals surface area contributed by atoms with Gasteiger partial charge in [0.05, 0.1) is 6.54 Å². The second-order valence-corrected chi connectivity index (χ2v) is 7.90. The average molecular weight is 370 g/mol. The number of hydrogen-bond acceptors (Lipinski definition) is 4. The Hall–Kier alpha value is -1.63. The van der Waals surface area contributed by atoms with Gasteiger partial charge in [0.2, 0.25) is 11.8 Å². The summed E-state index contributed by atoms with van der Waals surface area (Å²) in [6.07, 6.45) is 1.94. The maximum Gasteiger partial charge on any atom is 0.317 e. The zero-order chi connectivity index (χ0) is 19.9. The van der Waals surface area contributed by atoms with E-state index in [0.717, 1.165) is 12.8 Å². The minimum Gasteiger partial charge on any atom is -0.480 e. The summed E-state index contributed by atoms with van der Waals surface area (Å²) in [7, 11) is 0. The largest absolute Gasteiger partial charge is 0.480 e. The van der Waals surface area contributed by atoms with Gasteiger partial charge in [-0.2, -0.15) is 0 Å². The minimum atomic E-state index is -0.821. The Kier molecular flexibility index (Phi) is 9.05. The van der Waals surface area contributed by atoms with E-state index in [1.165, 1.54) is 0 Å². The molecule has 0 spiro atoms. The molecule has 1 atom stereocenters. The van der Waals surface area contributed by atoms with Crippen molar-refractivity contribution in [2.24, 2.45) is 11.8 Å². The molecular formula is C19H35N3O4. The normalized spacial score (nSPS) is 17.0. The predicted octanol–water partition coefficient (Wildman–Crippen LogP) is 1.57. The van der Waals surface area contributed by atoms with Crippen LogP contribution in [0.4, 0.5) is 0 Å². The fourth-order valence-corrected chi connectivity index (χ4v) is 3.44. The molecule has 0 aliphatic carbocycles. The van der Waals surface area contributed by atoms with Crippen LogP contribution in [0.5, 0.6) is 0 Å². The lowest BCUT2D eigenvalue weighted by Crippen LogP contribution is -2.55. The highest BCUT2D eigenvalue weighted by atomic mass is 16.4. The summed E-state index contributed by atoms with van der Waals surface area (Å²) in [5.41, 5.74) is 0. The van der Waals surface area contributed by atoms with E-state index < -0.39 is 12.0 Å². The summed E-state index contributed by atoms with van der Waals surface area (Å²) in [4.78, 5) is 39.7. The molecule has 0 bridgehead atoms. The highest BCUT2D eigenvalue weighted by Crippen LogP contribution is 2.18. The number of aliphatic carboxylic acids is 1. The van der Waals surface area contributed by atoms with Crippen LogP contribution >= 0.6 is 0 Å². The molecule has 2 N–H and O–H groups in total. The molecule has 150 valence electrons. The molecular weight excluding hydrogens is 334 g/mol. The third-order valence-electron chi connectivity index (χ3n) is 4.88. The number of nitrogens with one attached hydrogen (secondary N) is 1. The lowest BCUT2D eigenvalue weighted by Gasteiger charge is -2.39. The van der Waals surface area contributed by atoms with Gasteiger partial charge in [-0.15, -0.1) is 0 Å². The smallest absolute Gasteiger partial charge is 0.317 e. The van der Waals surface area contributed by atoms with Crippen molar-refractivity contribution >= 4 is 17.8 Å². The van der Waals surface area contributed by atoms with Crippen molar-refractivity contribution in [2.45, 2.75) is 66.0 Å². The van der Waals surface area contributed by atoms with Crippen LogP contribution in [0.15, 0.2) is 0 Å². The summed E-state index contributed by atoms with van der Waals surface area (Å²) in [5.74, 6) is -0.658. The van der Waals surface area contributed by atoms with Crippen molar-refractivity contribution in [1.29, 1.82) is 0 Å². The fourth-order valence-electron chi connectivity index (χ4n) is 3.44. The lowest BCUT2D eigenvalue weighted by atomic mass is 9.98. The second-order valence-electron chi connectivity index (χ2n) is 7.90. The third kappa shape index (κ3) is 6.94. The Labute approximate surface area is 157 Å². The number of amides is 2. The zero-order valence-corrected chi connectivity index (χ0v) is 16.8. The van der Waals surface area contributed by atoms with E-state index >= 15 is 0 Å². The molecule has 2 amide bonds. The van der Waals surface area contributed by atoms with Crippen LogP contribution < -0.4 is 5.32 Å². The van der Waals surface area contributed by atoms with Crippen molar-refractivity contribution in [2.75, 3.05) is 26.2 Å². The maximum absolute atomic E-state index is 12.9. The van der Waals surface area contributed by atoms with Gasteiger partial charge in [-0.3, -0.25) is 19.3 Å². The van der Waals surface area contributed by atoms with Crippen LogP contribution in [-0.4, -0.2) is 71.0 Å². The highest BCUT2D eigenvalue weighted by molar-refractivity contribution is 5.88. The Bertz CT molecular complexity index is 485. The van der Waals surface area contributed by atoms with Crippen LogP contribution in [0.3, 0.4) is 0 Å². The molecule has 1 aliphatic heterocycles. The first kappa shape index (κ1) is 22.4. The predicted molar refractivity (Wildman–Crippen MR) is 101 cm³/mol. The molecule has 7 heteroatoms. The molecule has 0 radical (unpaired) electrons. The highest BCUT2D eigenvalue weighted by Gasteiger charge is 2.32. The molecule has 0 aromatic heterocycles. The van der Waals surface area contributed by atoms with Gasteiger partial charge in [-0.05, 0) is 31.2 Å². The number of carboxylic acid groups (broad SMARTS) is 1. The number of carboxylic acids is 1. The first-order valence-electron chi connectivity index (χ1n) is 9.69. The van der Waals surface area contributed by atoms with Gasteiger partial charge < -0.3 is 15.3 Å². The average Bonchev–Trinajstić information content (AvgIpc) is 2.56. The number of carbonyl (C=O) groups excluding carboxylic acids is 2. The number of carbonyl (C=O) groups is 3. The Morgan fingerprint density at radius 3 is 2.15 bits per heavy atom. The Morgan fingerprint density at radius 2 is 1.73 bits per heavy atom. The molecule has 1 rings (SSSR count). The van der Waals surface area contributed by atoms with E-state index in [-0.39, 0.29) is 36.2 Å². The number of likely N-dealkylation sites (tertiary alicyclic amines) is 1. The monoisotopic (exact) mass is 369 g/mol. The molecule has 1 heterocycles. The SMILES string of the molecule is CCN(CC(=O)O)C1CCN(C(=O)C(NC(=O)CC(C)C)C(C)C)CC1. The number of rotatable bonds is 9. The quantitative estimate of drug-likeness (QED) is 0.644. The van der Waals surface area contributed by atoms with Crippen LogP contribution in [-0.2, 0) is 14.4 Å². The van der Waals surface area contributed by atoms with E-state index in [1.807, 2.05) is 44.4 Å². The van der Waals surface area contributed by atoms with Crippen LogP contribution in [0.2, 0.25) is 0 Å². The molecule has 1 fully saturated rings. The summed E-state index contributed by atoms with van der Waals surface area (Å²) in [6.45, 7) is 11.7. The van der Waals surface area contributed by atoms with Gasteiger partial charge in [-0.1, -0.05) is 34.6 Å². The number of nitrogens with zero attached hydrogens (tertiary/aromatic N) is 2. The Morgan fingerprint density at radius 1 is 1.15 bits per heavy atom. The zero-order valence-electron chi connectivity index (χ0n) is 16.8. The van der Waals surface area contributed by atoms with Gasteiger partial charge in [-0.25, -0.2) is 0 Å². The van der Waals surface area contributed by atoms with Crippen molar-refractivity contribution in [3.8, 4) is 0 Å². The van der Waals surface area contributed by atoms with E-state index in [0.29, 0.717) is 26.1 Å². The summed E-state index contributed by atoms with van der Waals surface area (Å²) >= 11 is 0. The van der Waals surface area contributed by atoms with Crippen LogP contribution in [0.25, 0.3) is 0 Å². The summed E-state index contributed by atoms with van der Waals surface area (Å²) in [6, 6.07) is -0.313. The number of piperidine rings is 1. The molecule has 1 saturated heterocycles. The maximum atomic E-state index is 12.9. The fraction of sp³-hybridized carbons (Fsp3) is 0.842. The molecule has 0 saturated carbocycles. The number of likely N-dealkylation sites (N-methyl/N-ethyl adjacent to an activating group) is 1. The molecule has 1 unspecified atom stereocenters. The third-order valence-corrected chi connectivity index (χ3v) is 4.88. The standard InChI is InChI=1S/C19H35N3O4/c1-6-21(12-17(24)25)15-7-9-22(10-8-15)19(26)18(14(4)5)20-16(23)11-13(2)3/h13-15,18H,6-12H2,1-5H3,(H,20,23)(H,24,25). The van der Waals surface area contributed by atoms with E-state index in [2.05, 4.69) is 5.32 Å². The Balaban J connectivity index is 2.63. The van der Waals surface area contributed by atoms with Crippen molar-refractivity contribution in [3.63, 3.8) is 0 Å². The van der Waals surface area contributed by atoms with E-state index in [1.54, 1.807) is 0 Å². The van der Waals surface area contributed by atoms with Gasteiger partial charge in [0.25, 0.3) is 0 Å². The van der Waals surface area contributed by atoms with Crippen LogP contribution in [0.1, 0.15) is 53.9 Å². The van der Waals surface area contributed by atoms with E-state index in [9.17, 15) is 14.4 Å². The topological polar surface area (TPSA) is 90.0 Å². The number of hydrogen-bond donors (Lipinski definition) is 2. The first-order chi connectivity index (χ1) is 12.1. The van der Waals surface area contributed by atoms with Crippen molar-refractivity contribution in [1.82, 2.24) is 15.1 Å². The summed E-state index contributed by atoms with van der Waals surface area (Å²) in [5, 5.41) is 11.9. The van der Waals surface area contributed by atoms with Gasteiger partial charge in [0, 0.05) is 25.6 Å².